The maximum atomic E-state index is 10.4. The maximum absolute atomic E-state index is 10.4. The average Bonchev–Trinajstić information content (AvgIpc) is 2.96. The summed E-state index contributed by atoms with van der Waals surface area (Å²) in [5.41, 5.74) is 1.44. The number of aliphatic hydroxyl groups excluding tert-OH is 1. The number of thioether (sulfide) groups is 1. The summed E-state index contributed by atoms with van der Waals surface area (Å²) in [4.78, 5) is 3.83. The van der Waals surface area contributed by atoms with Crippen molar-refractivity contribution in [3.8, 4) is 0 Å². The lowest BCUT2D eigenvalue weighted by Gasteiger charge is -2.08. The predicted octanol–water partition coefficient (Wildman–Crippen LogP) is 4.64. The second-order valence-electron chi connectivity index (χ2n) is 4.31. The molecule has 0 amide bonds. The van der Waals surface area contributed by atoms with Crippen LogP contribution in [0.5, 0.6) is 0 Å². The second kappa shape index (κ2) is 5.67. The number of rotatable bonds is 3. The molecule has 1 atom stereocenters. The van der Waals surface area contributed by atoms with E-state index in [1.807, 2.05) is 17.8 Å². The Kier molecular flexibility index (Phi) is 4.15. The third kappa shape index (κ3) is 2.70. The maximum Gasteiger partial charge on any atom is 0.0930 e. The van der Waals surface area contributed by atoms with Crippen molar-refractivity contribution in [1.29, 1.82) is 0 Å². The number of aliphatic hydroxyl groups is 1. The molecule has 1 nitrogen and oxygen atoms in total. The topological polar surface area (TPSA) is 20.2 Å². The van der Waals surface area contributed by atoms with Crippen molar-refractivity contribution in [3.63, 3.8) is 0 Å². The monoisotopic (exact) mass is 360 g/mol. The zero-order valence-electron chi connectivity index (χ0n) is 9.69. The molecule has 1 aliphatic heterocycles. The quantitative estimate of drug-likeness (QED) is 0.860. The fourth-order valence-corrected chi connectivity index (χ4v) is 6.00. The van der Waals surface area contributed by atoms with E-state index in [2.05, 4.69) is 27.4 Å². The van der Waals surface area contributed by atoms with Gasteiger partial charge in [-0.05, 0) is 51.2 Å². The highest BCUT2D eigenvalue weighted by Gasteiger charge is 2.19. The molecule has 0 saturated carbocycles. The van der Waals surface area contributed by atoms with E-state index in [0.29, 0.717) is 6.42 Å². The molecule has 0 bridgehead atoms. The van der Waals surface area contributed by atoms with Gasteiger partial charge in [0.25, 0.3) is 0 Å². The van der Waals surface area contributed by atoms with Crippen molar-refractivity contribution < 1.29 is 5.11 Å². The molecule has 18 heavy (non-hydrogen) atoms. The fraction of sp³-hybridized carbons (Fsp3) is 0.385. The molecule has 0 fully saturated rings. The lowest BCUT2D eigenvalue weighted by molar-refractivity contribution is 0.183. The molecule has 5 heteroatoms. The first-order chi connectivity index (χ1) is 8.74. The van der Waals surface area contributed by atoms with Gasteiger partial charge in [0.2, 0.25) is 0 Å². The lowest BCUT2D eigenvalue weighted by Crippen LogP contribution is -1.98. The molecule has 0 aliphatic carbocycles. The van der Waals surface area contributed by atoms with Gasteiger partial charge in [-0.3, -0.25) is 0 Å². The van der Waals surface area contributed by atoms with E-state index in [4.69, 9.17) is 0 Å². The molecule has 0 radical (unpaired) electrons. The first-order valence-electron chi connectivity index (χ1n) is 5.83. The smallest absolute Gasteiger partial charge is 0.0930 e. The van der Waals surface area contributed by atoms with Crippen molar-refractivity contribution in [2.45, 2.75) is 24.7 Å². The Balaban J connectivity index is 1.78. The number of fused-ring (bicyclic) bond motifs is 1. The van der Waals surface area contributed by atoms with Crippen molar-refractivity contribution in [1.82, 2.24) is 0 Å². The predicted molar refractivity (Wildman–Crippen MR) is 84.9 cm³/mol. The van der Waals surface area contributed by atoms with Crippen molar-refractivity contribution >= 4 is 50.4 Å². The summed E-state index contributed by atoms with van der Waals surface area (Å²) in [5, 5.41) is 12.4. The first kappa shape index (κ1) is 13.2. The van der Waals surface area contributed by atoms with Crippen LogP contribution in [-0.2, 0) is 18.6 Å². The van der Waals surface area contributed by atoms with Gasteiger partial charge in [0, 0.05) is 31.3 Å². The second-order valence-corrected chi connectivity index (χ2v) is 8.44. The Morgan fingerprint density at radius 3 is 3.06 bits per heavy atom. The third-order valence-corrected chi connectivity index (χ3v) is 7.34. The summed E-state index contributed by atoms with van der Waals surface area (Å²) in [6, 6.07) is 4.25. The van der Waals surface area contributed by atoms with Crippen LogP contribution in [0.4, 0.5) is 0 Å². The zero-order valence-corrected chi connectivity index (χ0v) is 13.7. The van der Waals surface area contributed by atoms with E-state index in [1.54, 1.807) is 22.7 Å². The molecule has 1 N–H and O–H groups in total. The largest absolute Gasteiger partial charge is 0.387 e. The molecule has 3 heterocycles. The summed E-state index contributed by atoms with van der Waals surface area (Å²) < 4.78 is 1.11. The van der Waals surface area contributed by atoms with Crippen LogP contribution in [0.25, 0.3) is 0 Å². The molecule has 1 unspecified atom stereocenters. The first-order valence-corrected chi connectivity index (χ1v) is 9.47. The van der Waals surface area contributed by atoms with Crippen LogP contribution in [0.2, 0.25) is 0 Å². The minimum Gasteiger partial charge on any atom is -0.387 e. The standard InChI is InChI=1S/C13H13BrOS3/c14-9-1-4-17-12(9)6-10(15)13-5-8-7-16-3-2-11(8)18-13/h1,4-5,10,15H,2-3,6-7H2. The SMILES string of the molecule is OC(Cc1sccc1Br)c1cc2c(s1)CCSC2. The van der Waals surface area contributed by atoms with Crippen LogP contribution in [0.1, 0.15) is 26.3 Å². The fourth-order valence-electron chi connectivity index (χ4n) is 2.08. The molecule has 1 aliphatic rings. The molecule has 2 aromatic heterocycles. The van der Waals surface area contributed by atoms with Gasteiger partial charge in [-0.25, -0.2) is 0 Å². The van der Waals surface area contributed by atoms with E-state index in [1.165, 1.54) is 27.5 Å². The van der Waals surface area contributed by atoms with Crippen LogP contribution < -0.4 is 0 Å². The minimum absolute atomic E-state index is 0.361. The average molecular weight is 361 g/mol. The van der Waals surface area contributed by atoms with Gasteiger partial charge < -0.3 is 5.11 Å². The van der Waals surface area contributed by atoms with Crippen molar-refractivity contribution in [2.75, 3.05) is 5.75 Å². The number of hydrogen-bond donors (Lipinski definition) is 1. The molecule has 3 rings (SSSR count). The van der Waals surface area contributed by atoms with Crippen LogP contribution >= 0.6 is 50.4 Å². The van der Waals surface area contributed by atoms with Crippen LogP contribution in [-0.4, -0.2) is 10.9 Å². The summed E-state index contributed by atoms with van der Waals surface area (Å²) in [7, 11) is 0. The summed E-state index contributed by atoms with van der Waals surface area (Å²) in [5.74, 6) is 2.33. The van der Waals surface area contributed by atoms with E-state index >= 15 is 0 Å². The van der Waals surface area contributed by atoms with E-state index in [-0.39, 0.29) is 6.10 Å². The van der Waals surface area contributed by atoms with Gasteiger partial charge in [-0.2, -0.15) is 11.8 Å². The highest BCUT2D eigenvalue weighted by Crippen LogP contribution is 2.36. The highest BCUT2D eigenvalue weighted by atomic mass is 79.9. The van der Waals surface area contributed by atoms with Gasteiger partial charge >= 0.3 is 0 Å². The van der Waals surface area contributed by atoms with Gasteiger partial charge in [0.15, 0.2) is 0 Å². The van der Waals surface area contributed by atoms with Gasteiger partial charge in [0.1, 0.15) is 0 Å². The summed E-state index contributed by atoms with van der Waals surface area (Å²) >= 11 is 9.01. The lowest BCUT2D eigenvalue weighted by atomic mass is 10.1. The Morgan fingerprint density at radius 2 is 2.33 bits per heavy atom. The normalized spacial score (nSPS) is 16.6. The molecule has 2 aromatic rings. The molecule has 96 valence electrons. The van der Waals surface area contributed by atoms with E-state index < -0.39 is 0 Å². The Labute approximate surface area is 127 Å². The Hall–Kier alpha value is 0.190. The number of aryl methyl sites for hydroxylation is 1. The van der Waals surface area contributed by atoms with Gasteiger partial charge in [-0.15, -0.1) is 22.7 Å². The van der Waals surface area contributed by atoms with Gasteiger partial charge in [-0.1, -0.05) is 0 Å². The molecule has 0 aromatic carbocycles. The van der Waals surface area contributed by atoms with Crippen LogP contribution in [0.3, 0.4) is 0 Å². The van der Waals surface area contributed by atoms with Crippen LogP contribution in [0, 0.1) is 0 Å². The number of thiophene rings is 2. The van der Waals surface area contributed by atoms with E-state index in [0.717, 1.165) is 15.1 Å². The van der Waals surface area contributed by atoms with Crippen LogP contribution in [0.15, 0.2) is 22.0 Å². The third-order valence-electron chi connectivity index (χ3n) is 3.04. The number of halogens is 1. The molecular formula is C13H13BrOS3. The molecule has 0 saturated heterocycles. The number of hydrogen-bond acceptors (Lipinski definition) is 4. The van der Waals surface area contributed by atoms with Gasteiger partial charge in [0.05, 0.1) is 6.10 Å². The Morgan fingerprint density at radius 1 is 1.44 bits per heavy atom. The molecular weight excluding hydrogens is 348 g/mol. The van der Waals surface area contributed by atoms with Crippen molar-refractivity contribution in [2.24, 2.45) is 0 Å². The highest BCUT2D eigenvalue weighted by molar-refractivity contribution is 9.10. The van der Waals surface area contributed by atoms with E-state index in [9.17, 15) is 5.11 Å². The summed E-state index contributed by atoms with van der Waals surface area (Å²) in [6.45, 7) is 0. The van der Waals surface area contributed by atoms with Crippen molar-refractivity contribution in [3.05, 3.63) is 42.2 Å². The zero-order chi connectivity index (χ0) is 12.5. The molecule has 0 spiro atoms. The minimum atomic E-state index is -0.361. The Bertz CT molecular complexity index is 523. The summed E-state index contributed by atoms with van der Waals surface area (Å²) in [6.07, 6.45) is 1.52.